The fraction of sp³-hybridized carbons (Fsp3) is 0.368. The molecule has 1 heteroatoms. The van der Waals surface area contributed by atoms with Crippen LogP contribution in [-0.2, 0) is 0 Å². The molecule has 0 fully saturated rings. The molecule has 2 aromatic carbocycles. The second-order valence-corrected chi connectivity index (χ2v) is 5.86. The summed E-state index contributed by atoms with van der Waals surface area (Å²) in [4.78, 5) is 0. The minimum atomic E-state index is -0.162. The van der Waals surface area contributed by atoms with Crippen LogP contribution in [0.5, 0.6) is 0 Å². The maximum Gasteiger partial charge on any atom is 0.124 e. The Morgan fingerprint density at radius 1 is 0.950 bits per heavy atom. The van der Waals surface area contributed by atoms with Gasteiger partial charge in [-0.1, -0.05) is 32.0 Å². The Hall–Kier alpha value is -1.63. The molecule has 0 nitrogen and oxygen atoms in total. The van der Waals surface area contributed by atoms with E-state index in [0.717, 1.165) is 17.5 Å². The number of hydrogen-bond donors (Lipinski definition) is 0. The number of benzene rings is 2. The topological polar surface area (TPSA) is 0 Å². The Kier molecular flexibility index (Phi) is 4.27. The van der Waals surface area contributed by atoms with Gasteiger partial charge in [-0.05, 0) is 78.6 Å². The Labute approximate surface area is 121 Å². The second kappa shape index (κ2) is 5.78. The Bertz CT molecular complexity index is 582. The van der Waals surface area contributed by atoms with Crippen LogP contribution in [0.25, 0.3) is 11.1 Å². The summed E-state index contributed by atoms with van der Waals surface area (Å²) >= 11 is 0. The molecule has 0 aliphatic heterocycles. The van der Waals surface area contributed by atoms with E-state index in [0.29, 0.717) is 5.92 Å². The maximum atomic E-state index is 13.6. The summed E-state index contributed by atoms with van der Waals surface area (Å²) in [6.07, 6.45) is 1.14. The average Bonchev–Trinajstić information content (AvgIpc) is 2.35. The molecule has 106 valence electrons. The van der Waals surface area contributed by atoms with Crippen molar-refractivity contribution < 1.29 is 4.39 Å². The van der Waals surface area contributed by atoms with Crippen LogP contribution >= 0.6 is 0 Å². The fourth-order valence-corrected chi connectivity index (χ4v) is 2.85. The molecular formula is C19H23F. The highest BCUT2D eigenvalue weighted by Crippen LogP contribution is 2.32. The Morgan fingerprint density at radius 2 is 1.55 bits per heavy atom. The summed E-state index contributed by atoms with van der Waals surface area (Å²) in [7, 11) is 0. The molecule has 0 aliphatic carbocycles. The largest absolute Gasteiger partial charge is 0.207 e. The number of hydrogen-bond acceptors (Lipinski definition) is 0. The third kappa shape index (κ3) is 2.92. The molecule has 2 rings (SSSR count). The van der Waals surface area contributed by atoms with Gasteiger partial charge in [0.1, 0.15) is 5.82 Å². The SMILES string of the molecule is CCC(C)c1cc(C)c(-c2cc(C)cc(F)c2)c(C)c1. The summed E-state index contributed by atoms with van der Waals surface area (Å²) in [6, 6.07) is 9.75. The van der Waals surface area contributed by atoms with Gasteiger partial charge in [0.15, 0.2) is 0 Å². The van der Waals surface area contributed by atoms with Crippen LogP contribution in [0.4, 0.5) is 4.39 Å². The van der Waals surface area contributed by atoms with Gasteiger partial charge in [0.05, 0.1) is 0 Å². The van der Waals surface area contributed by atoms with Crippen molar-refractivity contribution in [2.45, 2.75) is 47.0 Å². The highest BCUT2D eigenvalue weighted by Gasteiger charge is 2.11. The molecule has 2 aromatic rings. The molecule has 0 aliphatic rings. The number of aryl methyl sites for hydroxylation is 3. The van der Waals surface area contributed by atoms with Crippen molar-refractivity contribution in [3.8, 4) is 11.1 Å². The van der Waals surface area contributed by atoms with Gasteiger partial charge >= 0.3 is 0 Å². The van der Waals surface area contributed by atoms with Crippen LogP contribution in [-0.4, -0.2) is 0 Å². The van der Waals surface area contributed by atoms with E-state index in [2.05, 4.69) is 45.9 Å². The van der Waals surface area contributed by atoms with Gasteiger partial charge in [0.25, 0.3) is 0 Å². The van der Waals surface area contributed by atoms with E-state index in [-0.39, 0.29) is 5.82 Å². The zero-order valence-corrected chi connectivity index (χ0v) is 13.0. The van der Waals surface area contributed by atoms with Crippen molar-refractivity contribution in [3.05, 3.63) is 58.4 Å². The third-order valence-corrected chi connectivity index (χ3v) is 4.07. The van der Waals surface area contributed by atoms with Crippen molar-refractivity contribution in [1.82, 2.24) is 0 Å². The zero-order chi connectivity index (χ0) is 14.9. The van der Waals surface area contributed by atoms with Gasteiger partial charge in [-0.3, -0.25) is 0 Å². The lowest BCUT2D eigenvalue weighted by Gasteiger charge is -2.16. The first kappa shape index (κ1) is 14.8. The van der Waals surface area contributed by atoms with E-state index in [9.17, 15) is 4.39 Å². The molecule has 0 aromatic heterocycles. The lowest BCUT2D eigenvalue weighted by atomic mass is 9.88. The van der Waals surface area contributed by atoms with Crippen molar-refractivity contribution in [3.63, 3.8) is 0 Å². The van der Waals surface area contributed by atoms with Crippen molar-refractivity contribution >= 4 is 0 Å². The third-order valence-electron chi connectivity index (χ3n) is 4.07. The first-order valence-corrected chi connectivity index (χ1v) is 7.31. The van der Waals surface area contributed by atoms with Gasteiger partial charge in [0, 0.05) is 0 Å². The Morgan fingerprint density at radius 3 is 2.05 bits per heavy atom. The quantitative estimate of drug-likeness (QED) is 0.648. The number of rotatable bonds is 3. The minimum absolute atomic E-state index is 0.162. The second-order valence-electron chi connectivity index (χ2n) is 5.86. The molecule has 0 saturated carbocycles. The molecule has 0 spiro atoms. The Balaban J connectivity index is 2.57. The van der Waals surface area contributed by atoms with Gasteiger partial charge in [-0.25, -0.2) is 4.39 Å². The summed E-state index contributed by atoms with van der Waals surface area (Å²) in [5.74, 6) is 0.403. The predicted molar refractivity (Wildman–Crippen MR) is 84.8 cm³/mol. The van der Waals surface area contributed by atoms with E-state index in [1.807, 2.05) is 6.92 Å². The summed E-state index contributed by atoms with van der Waals surface area (Å²) in [5.41, 5.74) is 6.94. The van der Waals surface area contributed by atoms with E-state index in [4.69, 9.17) is 0 Å². The lowest BCUT2D eigenvalue weighted by molar-refractivity contribution is 0.627. The molecule has 0 bridgehead atoms. The van der Waals surface area contributed by atoms with Gasteiger partial charge in [0.2, 0.25) is 0 Å². The first-order chi connectivity index (χ1) is 9.42. The van der Waals surface area contributed by atoms with Crippen LogP contribution in [0.15, 0.2) is 30.3 Å². The van der Waals surface area contributed by atoms with Gasteiger partial charge in [-0.15, -0.1) is 0 Å². The maximum absolute atomic E-state index is 13.6. The van der Waals surface area contributed by atoms with Gasteiger partial charge in [-0.2, -0.15) is 0 Å². The predicted octanol–water partition coefficient (Wildman–Crippen LogP) is 5.93. The first-order valence-electron chi connectivity index (χ1n) is 7.31. The minimum Gasteiger partial charge on any atom is -0.207 e. The molecule has 0 saturated heterocycles. The molecule has 0 N–H and O–H groups in total. The molecule has 0 amide bonds. The standard InChI is InChI=1S/C19H23F/c1-6-13(3)16-9-14(4)19(15(5)10-16)17-7-12(2)8-18(20)11-17/h7-11,13H,6H2,1-5H3. The molecule has 1 unspecified atom stereocenters. The van der Waals surface area contributed by atoms with Crippen LogP contribution in [0, 0.1) is 26.6 Å². The average molecular weight is 270 g/mol. The highest BCUT2D eigenvalue weighted by molar-refractivity contribution is 5.72. The van der Waals surface area contributed by atoms with E-state index >= 15 is 0 Å². The highest BCUT2D eigenvalue weighted by atomic mass is 19.1. The molecule has 0 heterocycles. The van der Waals surface area contributed by atoms with Crippen molar-refractivity contribution in [2.24, 2.45) is 0 Å². The molecular weight excluding hydrogens is 247 g/mol. The van der Waals surface area contributed by atoms with Crippen LogP contribution in [0.3, 0.4) is 0 Å². The monoisotopic (exact) mass is 270 g/mol. The van der Waals surface area contributed by atoms with Gasteiger partial charge < -0.3 is 0 Å². The van der Waals surface area contributed by atoms with Crippen LogP contribution in [0.1, 0.15) is 48.4 Å². The zero-order valence-electron chi connectivity index (χ0n) is 13.0. The van der Waals surface area contributed by atoms with E-state index in [1.165, 1.54) is 22.3 Å². The normalized spacial score (nSPS) is 12.5. The molecule has 1 atom stereocenters. The smallest absolute Gasteiger partial charge is 0.124 e. The van der Waals surface area contributed by atoms with E-state index < -0.39 is 0 Å². The van der Waals surface area contributed by atoms with Crippen LogP contribution < -0.4 is 0 Å². The summed E-state index contributed by atoms with van der Waals surface area (Å²) < 4.78 is 13.6. The van der Waals surface area contributed by atoms with E-state index in [1.54, 1.807) is 12.1 Å². The summed E-state index contributed by atoms with van der Waals surface area (Å²) in [6.45, 7) is 10.6. The van der Waals surface area contributed by atoms with Crippen molar-refractivity contribution in [2.75, 3.05) is 0 Å². The van der Waals surface area contributed by atoms with Crippen LogP contribution in [0.2, 0.25) is 0 Å². The lowest BCUT2D eigenvalue weighted by Crippen LogP contribution is -1.97. The molecule has 20 heavy (non-hydrogen) atoms. The number of halogens is 1. The fourth-order valence-electron chi connectivity index (χ4n) is 2.85. The van der Waals surface area contributed by atoms with Crippen molar-refractivity contribution in [1.29, 1.82) is 0 Å². The molecule has 0 radical (unpaired) electrons. The summed E-state index contributed by atoms with van der Waals surface area (Å²) in [5, 5.41) is 0.